The van der Waals surface area contributed by atoms with E-state index >= 15 is 0 Å². The number of benzene rings is 4. The molecule has 1 aliphatic heterocycles. The van der Waals surface area contributed by atoms with Crippen molar-refractivity contribution in [3.8, 4) is 11.5 Å². The van der Waals surface area contributed by atoms with Crippen LogP contribution in [0.2, 0.25) is 5.02 Å². The van der Waals surface area contributed by atoms with E-state index < -0.39 is 6.04 Å². The molecule has 1 amide bonds. The average Bonchev–Trinajstić information content (AvgIpc) is 3.45. The lowest BCUT2D eigenvalue weighted by Crippen LogP contribution is -2.31. The number of hydrogen-bond donors (Lipinski definition) is 2. The molecule has 1 unspecified atom stereocenters. The summed E-state index contributed by atoms with van der Waals surface area (Å²) in [4.78, 5) is 18.6. The first kappa shape index (κ1) is 30.8. The molecule has 1 aromatic heterocycles. The van der Waals surface area contributed by atoms with Crippen molar-refractivity contribution >= 4 is 56.8 Å². The fourth-order valence-electron chi connectivity index (χ4n) is 5.03. The fourth-order valence-corrected chi connectivity index (χ4v) is 6.60. The van der Waals surface area contributed by atoms with E-state index in [1.807, 2.05) is 104 Å². The minimum absolute atomic E-state index is 0.253. The predicted octanol–water partition coefficient (Wildman–Crippen LogP) is 8.50. The molecular formula is C34H29BrClN5O3S. The zero-order valence-corrected chi connectivity index (χ0v) is 27.6. The largest absolute Gasteiger partial charge is 0.493 e. The molecule has 6 rings (SSSR count). The highest BCUT2D eigenvalue weighted by molar-refractivity contribution is 9.10. The van der Waals surface area contributed by atoms with Crippen LogP contribution in [0.5, 0.6) is 11.5 Å². The Morgan fingerprint density at radius 2 is 1.82 bits per heavy atom. The number of aromatic nitrogens is 3. The Labute approximate surface area is 278 Å². The fraction of sp³-hybridized carbons (Fsp3) is 0.147. The average molecular weight is 703 g/mol. The SMILES string of the molecule is COc1cc(C2C(C(=O)Nc3ccccc3)=C(C)Nc3nc(SCc4ccccc4Cl)nn32)ccc1OCc1cccc(Br)c1. The minimum Gasteiger partial charge on any atom is -0.493 e. The van der Waals surface area contributed by atoms with Crippen LogP contribution in [0.15, 0.2) is 118 Å². The van der Waals surface area contributed by atoms with Crippen LogP contribution >= 0.6 is 39.3 Å². The lowest BCUT2D eigenvalue weighted by molar-refractivity contribution is -0.113. The van der Waals surface area contributed by atoms with E-state index in [2.05, 4.69) is 26.6 Å². The molecule has 0 saturated carbocycles. The Morgan fingerprint density at radius 3 is 2.60 bits per heavy atom. The van der Waals surface area contributed by atoms with Crippen LogP contribution < -0.4 is 20.1 Å². The summed E-state index contributed by atoms with van der Waals surface area (Å²) in [6.45, 7) is 2.24. The van der Waals surface area contributed by atoms with Crippen molar-refractivity contribution in [1.29, 1.82) is 0 Å². The normalized spacial score (nSPS) is 14.0. The standard InChI is InChI=1S/C34H29BrClN5O3S/c1-21-30(32(42)38-26-12-4-3-5-13-26)31(41-33(37-21)39-34(40-41)45-20-24-10-6-7-14-27(24)36)23-15-16-28(29(18-23)43-2)44-19-22-9-8-11-25(35)17-22/h3-18,31H,19-20H2,1-2H3,(H,38,42)(H,37,39,40). The number of halogens is 2. The van der Waals surface area contributed by atoms with Gasteiger partial charge in [-0.25, -0.2) is 4.68 Å². The smallest absolute Gasteiger partial charge is 0.255 e. The van der Waals surface area contributed by atoms with Gasteiger partial charge in [0.15, 0.2) is 11.5 Å². The van der Waals surface area contributed by atoms with Gasteiger partial charge in [-0.1, -0.05) is 93.9 Å². The maximum absolute atomic E-state index is 13.9. The van der Waals surface area contributed by atoms with Crippen LogP contribution in [0.3, 0.4) is 0 Å². The highest BCUT2D eigenvalue weighted by Gasteiger charge is 2.35. The Hall–Kier alpha value is -4.25. The number of carbonyl (C=O) groups excluding carboxylic acids is 1. The second-order valence-electron chi connectivity index (χ2n) is 10.3. The number of methoxy groups -OCH3 is 1. The summed E-state index contributed by atoms with van der Waals surface area (Å²) >= 11 is 11.4. The quantitative estimate of drug-likeness (QED) is 0.141. The molecule has 45 heavy (non-hydrogen) atoms. The molecule has 0 aliphatic carbocycles. The van der Waals surface area contributed by atoms with Crippen LogP contribution in [-0.2, 0) is 17.2 Å². The maximum atomic E-state index is 13.9. The van der Waals surface area contributed by atoms with Gasteiger partial charge >= 0.3 is 0 Å². The van der Waals surface area contributed by atoms with E-state index in [4.69, 9.17) is 31.2 Å². The van der Waals surface area contributed by atoms with Crippen molar-refractivity contribution in [1.82, 2.24) is 14.8 Å². The number of thioether (sulfide) groups is 1. The molecule has 4 aromatic carbocycles. The highest BCUT2D eigenvalue weighted by Crippen LogP contribution is 2.40. The lowest BCUT2D eigenvalue weighted by atomic mass is 9.94. The molecule has 228 valence electrons. The van der Waals surface area contributed by atoms with E-state index in [1.165, 1.54) is 11.8 Å². The summed E-state index contributed by atoms with van der Waals surface area (Å²) in [7, 11) is 1.60. The molecule has 0 radical (unpaired) electrons. The number of nitrogens with zero attached hydrogens (tertiary/aromatic N) is 3. The van der Waals surface area contributed by atoms with E-state index in [0.717, 1.165) is 21.2 Å². The number of nitrogens with one attached hydrogen (secondary N) is 2. The number of ether oxygens (including phenoxy) is 2. The molecule has 0 fully saturated rings. The lowest BCUT2D eigenvalue weighted by Gasteiger charge is -2.29. The Bertz CT molecular complexity index is 1880. The van der Waals surface area contributed by atoms with E-state index in [0.29, 0.717) is 56.9 Å². The zero-order chi connectivity index (χ0) is 31.3. The van der Waals surface area contributed by atoms with Gasteiger partial charge < -0.3 is 20.1 Å². The molecule has 0 spiro atoms. The number of anilines is 2. The van der Waals surface area contributed by atoms with Gasteiger partial charge in [-0.2, -0.15) is 4.98 Å². The van der Waals surface area contributed by atoms with E-state index in [9.17, 15) is 4.79 Å². The first-order valence-electron chi connectivity index (χ1n) is 14.1. The second-order valence-corrected chi connectivity index (χ2v) is 12.5. The first-order chi connectivity index (χ1) is 21.9. The van der Waals surface area contributed by atoms with Crippen molar-refractivity contribution in [3.05, 3.63) is 135 Å². The Balaban J connectivity index is 1.34. The summed E-state index contributed by atoms with van der Waals surface area (Å²) in [5.41, 5.74) is 4.65. The summed E-state index contributed by atoms with van der Waals surface area (Å²) in [6, 6.07) is 30.1. The number of rotatable bonds is 10. The van der Waals surface area contributed by atoms with Crippen LogP contribution in [0, 0.1) is 0 Å². The van der Waals surface area contributed by atoms with Crippen molar-refractivity contribution in [2.24, 2.45) is 0 Å². The van der Waals surface area contributed by atoms with Gasteiger partial charge in [0.1, 0.15) is 12.6 Å². The summed E-state index contributed by atoms with van der Waals surface area (Å²) in [6.07, 6.45) is 0. The van der Waals surface area contributed by atoms with Gasteiger partial charge in [0.25, 0.3) is 5.91 Å². The van der Waals surface area contributed by atoms with Gasteiger partial charge in [0.05, 0.1) is 12.7 Å². The number of allylic oxidation sites excluding steroid dienone is 1. The monoisotopic (exact) mass is 701 g/mol. The summed E-state index contributed by atoms with van der Waals surface area (Å²) in [5, 5.41) is 12.4. The molecule has 11 heteroatoms. The molecular weight excluding hydrogens is 674 g/mol. The van der Waals surface area contributed by atoms with Gasteiger partial charge in [-0.15, -0.1) is 5.10 Å². The topological polar surface area (TPSA) is 90.3 Å². The molecule has 2 heterocycles. The van der Waals surface area contributed by atoms with Gasteiger partial charge in [0, 0.05) is 26.6 Å². The van der Waals surface area contributed by atoms with Gasteiger partial charge in [-0.05, 0) is 66.1 Å². The second kappa shape index (κ2) is 13.8. The molecule has 0 bridgehead atoms. The van der Waals surface area contributed by atoms with Crippen molar-refractivity contribution < 1.29 is 14.3 Å². The first-order valence-corrected chi connectivity index (χ1v) is 16.3. The predicted molar refractivity (Wildman–Crippen MR) is 182 cm³/mol. The molecule has 8 nitrogen and oxygen atoms in total. The molecule has 5 aromatic rings. The summed E-state index contributed by atoms with van der Waals surface area (Å²) < 4.78 is 14.6. The van der Waals surface area contributed by atoms with Gasteiger partial charge in [-0.3, -0.25) is 4.79 Å². The van der Waals surface area contributed by atoms with Crippen LogP contribution in [0.1, 0.15) is 29.7 Å². The van der Waals surface area contributed by atoms with Crippen molar-refractivity contribution in [2.45, 2.75) is 30.5 Å². The van der Waals surface area contributed by atoms with Crippen molar-refractivity contribution in [2.75, 3.05) is 17.7 Å². The zero-order valence-electron chi connectivity index (χ0n) is 24.5. The van der Waals surface area contributed by atoms with Gasteiger partial charge in [0.2, 0.25) is 11.1 Å². The summed E-state index contributed by atoms with van der Waals surface area (Å²) in [5.74, 6) is 2.00. The number of carbonyl (C=O) groups is 1. The molecule has 1 aliphatic rings. The Kier molecular flexibility index (Phi) is 9.44. The highest BCUT2D eigenvalue weighted by atomic mass is 79.9. The number of hydrogen-bond acceptors (Lipinski definition) is 7. The van der Waals surface area contributed by atoms with E-state index in [1.54, 1.807) is 11.8 Å². The van der Waals surface area contributed by atoms with Crippen molar-refractivity contribution in [3.63, 3.8) is 0 Å². The number of para-hydroxylation sites is 1. The maximum Gasteiger partial charge on any atom is 0.255 e. The van der Waals surface area contributed by atoms with E-state index in [-0.39, 0.29) is 5.91 Å². The molecule has 0 saturated heterocycles. The molecule has 1 atom stereocenters. The molecule has 2 N–H and O–H groups in total. The third-order valence-corrected chi connectivity index (χ3v) is 8.96. The van der Waals surface area contributed by atoms with Crippen LogP contribution in [0.25, 0.3) is 0 Å². The van der Waals surface area contributed by atoms with Crippen LogP contribution in [0.4, 0.5) is 11.6 Å². The van der Waals surface area contributed by atoms with Crippen LogP contribution in [-0.4, -0.2) is 27.8 Å². The Morgan fingerprint density at radius 1 is 1.02 bits per heavy atom. The minimum atomic E-state index is -0.597. The third-order valence-electron chi connectivity index (χ3n) is 7.21. The number of amides is 1. The third kappa shape index (κ3) is 7.03. The number of fused-ring (bicyclic) bond motifs is 1.